The number of hydrogen-bond donors (Lipinski definition) is 2. The standard InChI is InChI=1S/C9H14FNO4/c1-8(2,3)15-7(14)11-9(6(12)13)4-5(9)10/h5H,4H2,1-3H3,(H,11,14)(H,12,13). The average Bonchev–Trinajstić information content (AvgIpc) is 2.57. The number of amides is 1. The Kier molecular flexibility index (Phi) is 2.63. The first-order chi connectivity index (χ1) is 6.67. The lowest BCUT2D eigenvalue weighted by molar-refractivity contribution is -0.141. The van der Waals surface area contributed by atoms with E-state index < -0.39 is 29.4 Å². The molecule has 1 rings (SSSR count). The van der Waals surface area contributed by atoms with E-state index in [1.54, 1.807) is 20.8 Å². The molecule has 0 aliphatic heterocycles. The molecule has 2 atom stereocenters. The van der Waals surface area contributed by atoms with Gasteiger partial charge >= 0.3 is 12.1 Å². The van der Waals surface area contributed by atoms with Crippen molar-refractivity contribution in [1.82, 2.24) is 5.32 Å². The fourth-order valence-electron chi connectivity index (χ4n) is 1.11. The molecule has 0 radical (unpaired) electrons. The molecule has 5 nitrogen and oxygen atoms in total. The third-order valence-corrected chi connectivity index (χ3v) is 1.98. The van der Waals surface area contributed by atoms with Gasteiger partial charge in [-0.1, -0.05) is 0 Å². The summed E-state index contributed by atoms with van der Waals surface area (Å²) < 4.78 is 17.7. The van der Waals surface area contributed by atoms with Crippen molar-refractivity contribution in [2.24, 2.45) is 0 Å². The normalized spacial score (nSPS) is 29.5. The molecular weight excluding hydrogens is 205 g/mol. The van der Waals surface area contributed by atoms with Crippen LogP contribution < -0.4 is 5.32 Å². The topological polar surface area (TPSA) is 75.6 Å². The molecule has 15 heavy (non-hydrogen) atoms. The predicted octanol–water partition coefficient (Wildman–Crippen LogP) is 1.08. The maximum absolute atomic E-state index is 12.8. The van der Waals surface area contributed by atoms with E-state index in [9.17, 15) is 14.0 Å². The van der Waals surface area contributed by atoms with Crippen LogP contribution >= 0.6 is 0 Å². The first kappa shape index (κ1) is 11.7. The first-order valence-electron chi connectivity index (χ1n) is 4.56. The monoisotopic (exact) mass is 219 g/mol. The summed E-state index contributed by atoms with van der Waals surface area (Å²) in [5.41, 5.74) is -2.51. The lowest BCUT2D eigenvalue weighted by atomic mass is 10.2. The van der Waals surface area contributed by atoms with E-state index in [2.05, 4.69) is 0 Å². The third kappa shape index (κ3) is 2.57. The van der Waals surface area contributed by atoms with E-state index in [4.69, 9.17) is 9.84 Å². The molecule has 86 valence electrons. The van der Waals surface area contributed by atoms with E-state index in [0.717, 1.165) is 0 Å². The summed E-state index contributed by atoms with van der Waals surface area (Å²) >= 11 is 0. The highest BCUT2D eigenvalue weighted by Crippen LogP contribution is 2.39. The zero-order chi connectivity index (χ0) is 11.9. The maximum Gasteiger partial charge on any atom is 0.408 e. The fraction of sp³-hybridized carbons (Fsp3) is 0.778. The highest BCUT2D eigenvalue weighted by atomic mass is 19.1. The minimum atomic E-state index is -1.78. The van der Waals surface area contributed by atoms with Crippen molar-refractivity contribution in [2.45, 2.75) is 44.5 Å². The van der Waals surface area contributed by atoms with E-state index >= 15 is 0 Å². The molecule has 1 aliphatic rings. The van der Waals surface area contributed by atoms with Gasteiger partial charge in [-0.15, -0.1) is 0 Å². The van der Waals surface area contributed by atoms with Gasteiger partial charge in [-0.25, -0.2) is 14.0 Å². The van der Waals surface area contributed by atoms with Crippen LogP contribution in [0.5, 0.6) is 0 Å². The van der Waals surface area contributed by atoms with Crippen LogP contribution in [0.4, 0.5) is 9.18 Å². The summed E-state index contributed by atoms with van der Waals surface area (Å²) in [4.78, 5) is 21.9. The zero-order valence-electron chi connectivity index (χ0n) is 8.83. The van der Waals surface area contributed by atoms with Crippen LogP contribution in [0.15, 0.2) is 0 Å². The van der Waals surface area contributed by atoms with Crippen molar-refractivity contribution >= 4 is 12.1 Å². The van der Waals surface area contributed by atoms with Gasteiger partial charge in [0.25, 0.3) is 0 Å². The van der Waals surface area contributed by atoms with E-state index in [-0.39, 0.29) is 6.42 Å². The molecule has 0 aromatic carbocycles. The number of halogens is 1. The molecular formula is C9H14FNO4. The number of nitrogens with one attached hydrogen (secondary N) is 1. The lowest BCUT2D eigenvalue weighted by Gasteiger charge is -2.21. The van der Waals surface area contributed by atoms with E-state index in [0.29, 0.717) is 0 Å². The van der Waals surface area contributed by atoms with Crippen molar-refractivity contribution in [2.75, 3.05) is 0 Å². The van der Waals surface area contributed by atoms with Gasteiger partial charge in [-0.2, -0.15) is 0 Å². The Morgan fingerprint density at radius 2 is 2.00 bits per heavy atom. The SMILES string of the molecule is CC(C)(C)OC(=O)NC1(C(=O)O)CC1F. The lowest BCUT2D eigenvalue weighted by Crippen LogP contribution is -2.47. The predicted molar refractivity (Wildman–Crippen MR) is 49.2 cm³/mol. The first-order valence-corrected chi connectivity index (χ1v) is 4.56. The van der Waals surface area contributed by atoms with Crippen molar-refractivity contribution in [3.63, 3.8) is 0 Å². The number of alkyl carbamates (subject to hydrolysis) is 1. The number of alkyl halides is 1. The van der Waals surface area contributed by atoms with Crippen LogP contribution in [0.1, 0.15) is 27.2 Å². The Morgan fingerprint density at radius 3 is 2.27 bits per heavy atom. The maximum atomic E-state index is 12.8. The summed E-state index contributed by atoms with van der Waals surface area (Å²) in [6, 6.07) is 0. The Balaban J connectivity index is 2.56. The van der Waals surface area contributed by atoms with Crippen LogP contribution in [-0.4, -0.2) is 34.5 Å². The molecule has 6 heteroatoms. The summed E-state index contributed by atoms with van der Waals surface area (Å²) in [6.07, 6.45) is -2.66. The minimum Gasteiger partial charge on any atom is -0.479 e. The molecule has 0 aromatic heterocycles. The van der Waals surface area contributed by atoms with Gasteiger partial charge in [0, 0.05) is 6.42 Å². The van der Waals surface area contributed by atoms with E-state index in [1.807, 2.05) is 5.32 Å². The van der Waals surface area contributed by atoms with Crippen LogP contribution in [0, 0.1) is 0 Å². The number of rotatable bonds is 2. The van der Waals surface area contributed by atoms with Crippen molar-refractivity contribution < 1.29 is 23.8 Å². The molecule has 1 amide bonds. The number of carbonyl (C=O) groups excluding carboxylic acids is 1. The summed E-state index contributed by atoms with van der Waals surface area (Å²) in [6.45, 7) is 4.92. The van der Waals surface area contributed by atoms with Crippen LogP contribution in [0.25, 0.3) is 0 Å². The van der Waals surface area contributed by atoms with Crippen LogP contribution in [-0.2, 0) is 9.53 Å². The third-order valence-electron chi connectivity index (χ3n) is 1.98. The average molecular weight is 219 g/mol. The molecule has 1 saturated carbocycles. The molecule has 2 unspecified atom stereocenters. The molecule has 1 aliphatic carbocycles. The second-order valence-corrected chi connectivity index (χ2v) is 4.58. The number of carboxylic acids is 1. The largest absolute Gasteiger partial charge is 0.479 e. The molecule has 0 saturated heterocycles. The smallest absolute Gasteiger partial charge is 0.408 e. The number of ether oxygens (including phenoxy) is 1. The highest BCUT2D eigenvalue weighted by Gasteiger charge is 2.63. The quantitative estimate of drug-likeness (QED) is 0.728. The highest BCUT2D eigenvalue weighted by molar-refractivity contribution is 5.88. The van der Waals surface area contributed by atoms with Gasteiger partial charge in [0.1, 0.15) is 11.8 Å². The fourth-order valence-corrected chi connectivity index (χ4v) is 1.11. The Hall–Kier alpha value is -1.33. The van der Waals surface area contributed by atoms with Gasteiger partial charge < -0.3 is 15.2 Å². The van der Waals surface area contributed by atoms with Gasteiger partial charge in [0.15, 0.2) is 5.54 Å². The Morgan fingerprint density at radius 1 is 1.53 bits per heavy atom. The summed E-state index contributed by atoms with van der Waals surface area (Å²) in [5, 5.41) is 10.7. The molecule has 2 N–H and O–H groups in total. The summed E-state index contributed by atoms with van der Waals surface area (Å²) in [7, 11) is 0. The number of carboxylic acid groups (broad SMARTS) is 1. The van der Waals surface area contributed by atoms with Crippen LogP contribution in [0.3, 0.4) is 0 Å². The number of carbonyl (C=O) groups is 2. The second kappa shape index (κ2) is 3.36. The van der Waals surface area contributed by atoms with Crippen molar-refractivity contribution in [1.29, 1.82) is 0 Å². The molecule has 0 heterocycles. The molecule has 0 spiro atoms. The summed E-state index contributed by atoms with van der Waals surface area (Å²) in [5.74, 6) is -1.37. The Bertz CT molecular complexity index is 299. The van der Waals surface area contributed by atoms with Crippen molar-refractivity contribution in [3.8, 4) is 0 Å². The van der Waals surface area contributed by atoms with Gasteiger partial charge in [-0.3, -0.25) is 0 Å². The second-order valence-electron chi connectivity index (χ2n) is 4.58. The van der Waals surface area contributed by atoms with Crippen LogP contribution in [0.2, 0.25) is 0 Å². The van der Waals surface area contributed by atoms with Gasteiger partial charge in [0.05, 0.1) is 0 Å². The minimum absolute atomic E-state index is 0.207. The van der Waals surface area contributed by atoms with Gasteiger partial charge in [0.2, 0.25) is 0 Å². The van der Waals surface area contributed by atoms with E-state index in [1.165, 1.54) is 0 Å². The molecule has 0 aromatic rings. The van der Waals surface area contributed by atoms with Gasteiger partial charge in [-0.05, 0) is 20.8 Å². The van der Waals surface area contributed by atoms with Crippen molar-refractivity contribution in [3.05, 3.63) is 0 Å². The molecule has 0 bridgehead atoms. The molecule has 1 fully saturated rings. The zero-order valence-corrected chi connectivity index (χ0v) is 8.83. The Labute approximate surface area is 86.6 Å². The number of aliphatic carboxylic acids is 1. The number of hydrogen-bond acceptors (Lipinski definition) is 3.